The Kier molecular flexibility index (Phi) is 4.15. The van der Waals surface area contributed by atoms with Gasteiger partial charge in [-0.1, -0.05) is 44.4 Å². The first-order chi connectivity index (χ1) is 8.33. The van der Waals surface area contributed by atoms with Gasteiger partial charge in [-0.15, -0.1) is 0 Å². The van der Waals surface area contributed by atoms with Crippen LogP contribution in [0.25, 0.3) is 0 Å². The van der Waals surface area contributed by atoms with Crippen LogP contribution in [0.4, 0.5) is 5.69 Å². The molecule has 2 rings (SSSR count). The number of carbonyl (C=O) groups is 1. The van der Waals surface area contributed by atoms with Crippen molar-refractivity contribution in [3.8, 4) is 0 Å². The van der Waals surface area contributed by atoms with Crippen LogP contribution in [0.2, 0.25) is 0 Å². The predicted octanol–water partition coefficient (Wildman–Crippen LogP) is 2.85. The SMILES string of the molecule is CCCCCCNC1C(=O)Nc2ccccc21. The minimum Gasteiger partial charge on any atom is -0.324 e. The zero-order valence-electron chi connectivity index (χ0n) is 10.3. The third-order valence-electron chi connectivity index (χ3n) is 3.17. The number of fused-ring (bicyclic) bond motifs is 1. The maximum atomic E-state index is 11.8. The molecule has 1 heterocycles. The van der Waals surface area contributed by atoms with Gasteiger partial charge in [-0.3, -0.25) is 4.79 Å². The number of hydrogen-bond donors (Lipinski definition) is 2. The zero-order chi connectivity index (χ0) is 12.1. The highest BCUT2D eigenvalue weighted by Gasteiger charge is 2.28. The van der Waals surface area contributed by atoms with Gasteiger partial charge in [-0.25, -0.2) is 0 Å². The molecule has 1 aliphatic rings. The number of para-hydroxylation sites is 1. The number of nitrogens with one attached hydrogen (secondary N) is 2. The van der Waals surface area contributed by atoms with E-state index < -0.39 is 0 Å². The molecule has 0 radical (unpaired) electrons. The molecule has 1 aliphatic heterocycles. The molecule has 0 aromatic heterocycles. The molecule has 0 spiro atoms. The Bertz CT molecular complexity index is 390. The monoisotopic (exact) mass is 232 g/mol. The summed E-state index contributed by atoms with van der Waals surface area (Å²) in [5.74, 6) is 0.0710. The summed E-state index contributed by atoms with van der Waals surface area (Å²) in [6.45, 7) is 3.11. The summed E-state index contributed by atoms with van der Waals surface area (Å²) in [7, 11) is 0. The summed E-state index contributed by atoms with van der Waals surface area (Å²) in [5, 5.41) is 6.23. The Hall–Kier alpha value is -1.35. The van der Waals surface area contributed by atoms with Crippen LogP contribution in [0.3, 0.4) is 0 Å². The van der Waals surface area contributed by atoms with Gasteiger partial charge in [0.05, 0.1) is 0 Å². The molecule has 0 aliphatic carbocycles. The first-order valence-corrected chi connectivity index (χ1v) is 6.46. The van der Waals surface area contributed by atoms with Crippen molar-refractivity contribution in [2.45, 2.75) is 38.6 Å². The molecule has 3 heteroatoms. The number of anilines is 1. The maximum absolute atomic E-state index is 11.8. The highest BCUT2D eigenvalue weighted by Crippen LogP contribution is 2.29. The second-order valence-corrected chi connectivity index (χ2v) is 4.52. The van der Waals surface area contributed by atoms with Gasteiger partial charge in [0, 0.05) is 11.3 Å². The van der Waals surface area contributed by atoms with E-state index in [9.17, 15) is 4.79 Å². The summed E-state index contributed by atoms with van der Waals surface area (Å²) in [6.07, 6.45) is 4.89. The minimum absolute atomic E-state index is 0.0710. The summed E-state index contributed by atoms with van der Waals surface area (Å²) < 4.78 is 0. The number of hydrogen-bond acceptors (Lipinski definition) is 2. The molecule has 1 unspecified atom stereocenters. The molecule has 0 fully saturated rings. The first kappa shape index (κ1) is 12.1. The van der Waals surface area contributed by atoms with Crippen LogP contribution < -0.4 is 10.6 Å². The smallest absolute Gasteiger partial charge is 0.246 e. The van der Waals surface area contributed by atoms with Crippen LogP contribution >= 0.6 is 0 Å². The Morgan fingerprint density at radius 2 is 2.06 bits per heavy atom. The van der Waals surface area contributed by atoms with E-state index in [1.165, 1.54) is 19.3 Å². The van der Waals surface area contributed by atoms with Crippen molar-refractivity contribution >= 4 is 11.6 Å². The van der Waals surface area contributed by atoms with Crippen molar-refractivity contribution < 1.29 is 4.79 Å². The fourth-order valence-corrected chi connectivity index (χ4v) is 2.21. The van der Waals surface area contributed by atoms with Crippen LogP contribution in [-0.4, -0.2) is 12.5 Å². The van der Waals surface area contributed by atoms with E-state index in [1.807, 2.05) is 24.3 Å². The first-order valence-electron chi connectivity index (χ1n) is 6.46. The normalized spacial score (nSPS) is 17.9. The summed E-state index contributed by atoms with van der Waals surface area (Å²) in [5.41, 5.74) is 2.02. The van der Waals surface area contributed by atoms with E-state index in [0.717, 1.165) is 24.2 Å². The van der Waals surface area contributed by atoms with Gasteiger partial charge < -0.3 is 10.6 Å². The van der Waals surface area contributed by atoms with Gasteiger partial charge >= 0.3 is 0 Å². The number of benzene rings is 1. The van der Waals surface area contributed by atoms with E-state index in [1.54, 1.807) is 0 Å². The average molecular weight is 232 g/mol. The van der Waals surface area contributed by atoms with E-state index in [4.69, 9.17) is 0 Å². The minimum atomic E-state index is -0.159. The van der Waals surface area contributed by atoms with Gasteiger partial charge in [-0.2, -0.15) is 0 Å². The second-order valence-electron chi connectivity index (χ2n) is 4.52. The van der Waals surface area contributed by atoms with Gasteiger partial charge in [0.15, 0.2) is 0 Å². The van der Waals surface area contributed by atoms with E-state index in [2.05, 4.69) is 17.6 Å². The molecule has 0 saturated carbocycles. The highest BCUT2D eigenvalue weighted by atomic mass is 16.2. The lowest BCUT2D eigenvalue weighted by molar-refractivity contribution is -0.117. The molecule has 1 aromatic rings. The van der Waals surface area contributed by atoms with Crippen molar-refractivity contribution in [1.29, 1.82) is 0 Å². The molecule has 0 bridgehead atoms. The van der Waals surface area contributed by atoms with E-state index in [0.29, 0.717) is 0 Å². The number of rotatable bonds is 6. The van der Waals surface area contributed by atoms with Crippen molar-refractivity contribution in [1.82, 2.24) is 5.32 Å². The summed E-state index contributed by atoms with van der Waals surface area (Å²) in [4.78, 5) is 11.8. The van der Waals surface area contributed by atoms with Crippen LogP contribution in [0.15, 0.2) is 24.3 Å². The standard InChI is InChI=1S/C14H20N2O/c1-2-3-4-7-10-15-13-11-8-5-6-9-12(11)16-14(13)17/h5-6,8-9,13,15H,2-4,7,10H2,1H3,(H,16,17). The molecule has 1 aromatic carbocycles. The van der Waals surface area contributed by atoms with Gasteiger partial charge in [0.2, 0.25) is 5.91 Å². The Labute approximate surface area is 103 Å². The summed E-state index contributed by atoms with van der Waals surface area (Å²) >= 11 is 0. The van der Waals surface area contributed by atoms with Crippen LogP contribution in [-0.2, 0) is 4.79 Å². The Morgan fingerprint density at radius 1 is 1.24 bits per heavy atom. The molecule has 1 atom stereocenters. The molecule has 0 saturated heterocycles. The van der Waals surface area contributed by atoms with Crippen LogP contribution in [0.5, 0.6) is 0 Å². The van der Waals surface area contributed by atoms with Crippen molar-refractivity contribution in [3.05, 3.63) is 29.8 Å². The lowest BCUT2D eigenvalue weighted by Gasteiger charge is -2.10. The molecule has 92 valence electrons. The molecular formula is C14H20N2O. The number of unbranched alkanes of at least 4 members (excludes halogenated alkanes) is 3. The number of carbonyl (C=O) groups excluding carboxylic acids is 1. The summed E-state index contributed by atoms with van der Waals surface area (Å²) in [6, 6.07) is 7.73. The largest absolute Gasteiger partial charge is 0.324 e. The van der Waals surface area contributed by atoms with Gasteiger partial charge in [-0.05, 0) is 19.0 Å². The van der Waals surface area contributed by atoms with Crippen LogP contribution in [0, 0.1) is 0 Å². The molecular weight excluding hydrogens is 212 g/mol. The quantitative estimate of drug-likeness (QED) is 0.740. The fraction of sp³-hybridized carbons (Fsp3) is 0.500. The third-order valence-corrected chi connectivity index (χ3v) is 3.17. The van der Waals surface area contributed by atoms with Gasteiger partial charge in [0.25, 0.3) is 0 Å². The predicted molar refractivity (Wildman–Crippen MR) is 70.0 cm³/mol. The Balaban J connectivity index is 1.87. The topological polar surface area (TPSA) is 41.1 Å². The zero-order valence-corrected chi connectivity index (χ0v) is 10.3. The van der Waals surface area contributed by atoms with E-state index >= 15 is 0 Å². The second kappa shape index (κ2) is 5.82. The lowest BCUT2D eigenvalue weighted by atomic mass is 10.1. The number of amides is 1. The van der Waals surface area contributed by atoms with Crippen molar-refractivity contribution in [2.24, 2.45) is 0 Å². The molecule has 17 heavy (non-hydrogen) atoms. The Morgan fingerprint density at radius 3 is 2.88 bits per heavy atom. The lowest BCUT2D eigenvalue weighted by Crippen LogP contribution is -2.28. The van der Waals surface area contributed by atoms with Gasteiger partial charge in [0.1, 0.15) is 6.04 Å². The molecule has 3 nitrogen and oxygen atoms in total. The third kappa shape index (κ3) is 2.86. The van der Waals surface area contributed by atoms with E-state index in [-0.39, 0.29) is 11.9 Å². The average Bonchev–Trinajstić information content (AvgIpc) is 2.65. The fourth-order valence-electron chi connectivity index (χ4n) is 2.21. The van der Waals surface area contributed by atoms with Crippen LogP contribution in [0.1, 0.15) is 44.2 Å². The molecule has 2 N–H and O–H groups in total. The molecule has 1 amide bonds. The highest BCUT2D eigenvalue weighted by molar-refractivity contribution is 6.02. The van der Waals surface area contributed by atoms with Crippen molar-refractivity contribution in [3.63, 3.8) is 0 Å². The van der Waals surface area contributed by atoms with Crippen molar-refractivity contribution in [2.75, 3.05) is 11.9 Å². The maximum Gasteiger partial charge on any atom is 0.246 e.